The summed E-state index contributed by atoms with van der Waals surface area (Å²) in [5, 5.41) is 2.66. The summed E-state index contributed by atoms with van der Waals surface area (Å²) in [4.78, 5) is 12.0. The fraction of sp³-hybridized carbons (Fsp3) is 0.500. The number of sulfonamides is 1. The van der Waals surface area contributed by atoms with E-state index in [1.54, 1.807) is 13.0 Å². The normalized spacial score (nSPS) is 15.7. The number of ether oxygens (including phenoxy) is 1. The molecule has 2 rings (SSSR count). The zero-order chi connectivity index (χ0) is 16.5. The molecule has 9 heteroatoms. The highest BCUT2D eigenvalue weighted by atomic mass is 35.5. The predicted molar refractivity (Wildman–Crippen MR) is 90.5 cm³/mol. The molecule has 130 valence electrons. The molecule has 0 aromatic heterocycles. The second kappa shape index (κ2) is 7.04. The van der Waals surface area contributed by atoms with E-state index in [4.69, 9.17) is 10.5 Å². The zero-order valence-electron chi connectivity index (χ0n) is 13.3. The lowest BCUT2D eigenvalue weighted by Crippen LogP contribution is -2.37. The summed E-state index contributed by atoms with van der Waals surface area (Å²) in [7, 11) is -0.802. The number of anilines is 1. The fourth-order valence-electron chi connectivity index (χ4n) is 1.88. The van der Waals surface area contributed by atoms with E-state index < -0.39 is 15.6 Å². The van der Waals surface area contributed by atoms with Crippen molar-refractivity contribution in [1.29, 1.82) is 0 Å². The number of nitrogens with zero attached hydrogens (tertiary/aromatic N) is 1. The van der Waals surface area contributed by atoms with Crippen molar-refractivity contribution < 1.29 is 17.9 Å². The average molecular weight is 364 g/mol. The highest BCUT2D eigenvalue weighted by molar-refractivity contribution is 7.89. The van der Waals surface area contributed by atoms with E-state index in [-0.39, 0.29) is 29.0 Å². The van der Waals surface area contributed by atoms with E-state index in [2.05, 4.69) is 5.32 Å². The van der Waals surface area contributed by atoms with Gasteiger partial charge in [-0.2, -0.15) is 0 Å². The van der Waals surface area contributed by atoms with Crippen molar-refractivity contribution in [3.05, 3.63) is 18.2 Å². The van der Waals surface area contributed by atoms with Gasteiger partial charge in [-0.25, -0.2) is 12.7 Å². The van der Waals surface area contributed by atoms with Gasteiger partial charge in [-0.15, -0.1) is 12.4 Å². The number of halogens is 1. The largest absolute Gasteiger partial charge is 0.492 e. The van der Waals surface area contributed by atoms with Crippen LogP contribution in [0.15, 0.2) is 23.1 Å². The van der Waals surface area contributed by atoms with Gasteiger partial charge in [0.05, 0.1) is 12.1 Å². The number of hydrogen-bond donors (Lipinski definition) is 2. The van der Waals surface area contributed by atoms with E-state index in [1.165, 1.54) is 26.2 Å². The van der Waals surface area contributed by atoms with Crippen molar-refractivity contribution in [2.45, 2.75) is 30.2 Å². The zero-order valence-corrected chi connectivity index (χ0v) is 15.0. The third-order valence-corrected chi connectivity index (χ3v) is 5.34. The first-order valence-corrected chi connectivity index (χ1v) is 8.44. The van der Waals surface area contributed by atoms with Crippen molar-refractivity contribution in [2.24, 2.45) is 5.73 Å². The third-order valence-electron chi connectivity index (χ3n) is 3.50. The summed E-state index contributed by atoms with van der Waals surface area (Å²) in [6, 6.07) is 4.53. The quantitative estimate of drug-likeness (QED) is 0.790. The van der Waals surface area contributed by atoms with Crippen LogP contribution in [0.25, 0.3) is 0 Å². The molecule has 7 nitrogen and oxygen atoms in total. The highest BCUT2D eigenvalue weighted by Gasteiger charge is 2.46. The van der Waals surface area contributed by atoms with Gasteiger partial charge >= 0.3 is 0 Å². The monoisotopic (exact) mass is 363 g/mol. The molecule has 1 aromatic carbocycles. The Morgan fingerprint density at radius 1 is 1.39 bits per heavy atom. The Kier molecular flexibility index (Phi) is 6.03. The summed E-state index contributed by atoms with van der Waals surface area (Å²) in [5.74, 6) is -0.0482. The molecule has 1 aliphatic rings. The van der Waals surface area contributed by atoms with Crippen LogP contribution < -0.4 is 15.8 Å². The van der Waals surface area contributed by atoms with Gasteiger partial charge in [-0.3, -0.25) is 4.79 Å². The maximum Gasteiger partial charge on any atom is 0.246 e. The van der Waals surface area contributed by atoms with Crippen LogP contribution in [0.1, 0.15) is 19.8 Å². The molecule has 1 fully saturated rings. The minimum atomic E-state index is -3.68. The standard InChI is InChI=1S/C14H21N3O4S.ClH/c1-4-21-11-6-5-10(16-13(18)14(15)7-8-14)9-12(11)22(19,20)17(2)3;/h5-6,9H,4,7-8,15H2,1-3H3,(H,16,18);1H. The molecule has 0 radical (unpaired) electrons. The second-order valence-electron chi connectivity index (χ2n) is 5.49. The number of nitrogens with one attached hydrogen (secondary N) is 1. The van der Waals surface area contributed by atoms with Gasteiger partial charge in [-0.1, -0.05) is 0 Å². The van der Waals surface area contributed by atoms with Crippen LogP contribution in [0.4, 0.5) is 5.69 Å². The topological polar surface area (TPSA) is 102 Å². The molecule has 0 atom stereocenters. The van der Waals surface area contributed by atoms with Gasteiger partial charge in [0.25, 0.3) is 0 Å². The number of carbonyl (C=O) groups excluding carboxylic acids is 1. The first kappa shape index (κ1) is 19.7. The SMILES string of the molecule is CCOc1ccc(NC(=O)C2(N)CC2)cc1S(=O)(=O)N(C)C.Cl. The van der Waals surface area contributed by atoms with Gasteiger partial charge in [0.15, 0.2) is 0 Å². The van der Waals surface area contributed by atoms with E-state index in [0.29, 0.717) is 25.1 Å². The number of amides is 1. The third kappa shape index (κ3) is 4.14. The number of carbonyl (C=O) groups is 1. The molecule has 1 aliphatic carbocycles. The molecular weight excluding hydrogens is 342 g/mol. The van der Waals surface area contributed by atoms with Gasteiger partial charge in [0.2, 0.25) is 15.9 Å². The molecule has 0 bridgehead atoms. The van der Waals surface area contributed by atoms with E-state index in [0.717, 1.165) is 4.31 Å². The van der Waals surface area contributed by atoms with Crippen LogP contribution in [-0.4, -0.2) is 44.9 Å². The molecule has 23 heavy (non-hydrogen) atoms. The number of hydrogen-bond acceptors (Lipinski definition) is 5. The Morgan fingerprint density at radius 2 is 2.00 bits per heavy atom. The molecule has 0 spiro atoms. The Bertz CT molecular complexity index is 687. The maximum absolute atomic E-state index is 12.4. The van der Waals surface area contributed by atoms with Crippen LogP contribution in [0.3, 0.4) is 0 Å². The molecule has 0 unspecified atom stereocenters. The fourth-order valence-corrected chi connectivity index (χ4v) is 2.93. The van der Waals surface area contributed by atoms with Crippen LogP contribution in [0, 0.1) is 0 Å². The lowest BCUT2D eigenvalue weighted by molar-refractivity contribution is -0.118. The summed E-state index contributed by atoms with van der Waals surface area (Å²) in [5.41, 5.74) is 5.38. The molecule has 1 saturated carbocycles. The van der Waals surface area contributed by atoms with Crippen molar-refractivity contribution >= 4 is 34.0 Å². The van der Waals surface area contributed by atoms with Crippen LogP contribution in [0.2, 0.25) is 0 Å². The van der Waals surface area contributed by atoms with Crippen LogP contribution in [0.5, 0.6) is 5.75 Å². The van der Waals surface area contributed by atoms with Gasteiger partial charge < -0.3 is 15.8 Å². The highest BCUT2D eigenvalue weighted by Crippen LogP contribution is 2.34. The average Bonchev–Trinajstić information content (AvgIpc) is 3.19. The maximum atomic E-state index is 12.4. The Balaban J connectivity index is 0.00000264. The molecule has 0 aliphatic heterocycles. The number of benzene rings is 1. The van der Waals surface area contributed by atoms with Crippen molar-refractivity contribution in [2.75, 3.05) is 26.0 Å². The molecule has 3 N–H and O–H groups in total. The summed E-state index contributed by atoms with van der Waals surface area (Å²) < 4.78 is 31.2. The first-order chi connectivity index (χ1) is 10.2. The Hall–Kier alpha value is -1.35. The van der Waals surface area contributed by atoms with Gasteiger partial charge in [0, 0.05) is 19.8 Å². The van der Waals surface area contributed by atoms with E-state index >= 15 is 0 Å². The van der Waals surface area contributed by atoms with Crippen molar-refractivity contribution in [1.82, 2.24) is 4.31 Å². The van der Waals surface area contributed by atoms with E-state index in [1.807, 2.05) is 0 Å². The molecule has 1 amide bonds. The Labute approximate surface area is 142 Å². The van der Waals surface area contributed by atoms with Crippen molar-refractivity contribution in [3.63, 3.8) is 0 Å². The smallest absolute Gasteiger partial charge is 0.246 e. The molecule has 1 aromatic rings. The summed E-state index contributed by atoms with van der Waals surface area (Å²) >= 11 is 0. The summed E-state index contributed by atoms with van der Waals surface area (Å²) in [6.45, 7) is 2.11. The molecular formula is C14H22ClN3O4S. The number of nitrogens with two attached hydrogens (primary N) is 1. The lowest BCUT2D eigenvalue weighted by atomic mass is 10.2. The molecule has 0 saturated heterocycles. The van der Waals surface area contributed by atoms with Gasteiger partial charge in [-0.05, 0) is 38.0 Å². The van der Waals surface area contributed by atoms with E-state index in [9.17, 15) is 13.2 Å². The molecule has 0 heterocycles. The minimum absolute atomic E-state index is 0. The summed E-state index contributed by atoms with van der Waals surface area (Å²) in [6.07, 6.45) is 1.28. The minimum Gasteiger partial charge on any atom is -0.492 e. The van der Waals surface area contributed by atoms with Gasteiger partial charge in [0.1, 0.15) is 10.6 Å². The first-order valence-electron chi connectivity index (χ1n) is 7.00. The predicted octanol–water partition coefficient (Wildman–Crippen LogP) is 1.19. The Morgan fingerprint density at radius 3 is 2.48 bits per heavy atom. The van der Waals surface area contributed by atoms with Crippen molar-refractivity contribution in [3.8, 4) is 5.75 Å². The second-order valence-corrected chi connectivity index (χ2v) is 7.61. The lowest BCUT2D eigenvalue weighted by Gasteiger charge is -2.17. The van der Waals surface area contributed by atoms with Crippen LogP contribution >= 0.6 is 12.4 Å². The van der Waals surface area contributed by atoms with Crippen LogP contribution in [-0.2, 0) is 14.8 Å². The number of rotatable bonds is 6.